The summed E-state index contributed by atoms with van der Waals surface area (Å²) in [4.78, 5) is 7.01. The van der Waals surface area contributed by atoms with Gasteiger partial charge >= 0.3 is 0 Å². The molecule has 3 aliphatic rings. The van der Waals surface area contributed by atoms with Crippen molar-refractivity contribution in [2.75, 3.05) is 29.9 Å². The standard InChI is InChI=1S/C16H24N4/c1-2-4-13(3-1)19-16-9-14(6-8-18-16)20-10-12-5-7-17-15(12)11-20/h6,8-9,12-13,15,17H,1-5,7,10-11H2,(H,18,19)/t12?,15-/m0/s1. The molecule has 2 atom stereocenters. The molecule has 3 fully saturated rings. The van der Waals surface area contributed by atoms with Crippen LogP contribution in [0.25, 0.3) is 0 Å². The van der Waals surface area contributed by atoms with E-state index in [4.69, 9.17) is 0 Å². The normalized spacial score (nSPS) is 29.9. The predicted molar refractivity (Wildman–Crippen MR) is 82.2 cm³/mol. The third-order valence-electron chi connectivity index (χ3n) is 5.18. The van der Waals surface area contributed by atoms with Crippen LogP contribution in [0.4, 0.5) is 11.5 Å². The van der Waals surface area contributed by atoms with Crippen molar-refractivity contribution >= 4 is 11.5 Å². The van der Waals surface area contributed by atoms with E-state index < -0.39 is 0 Å². The Labute approximate surface area is 121 Å². The fourth-order valence-corrected chi connectivity index (χ4v) is 4.03. The second kappa shape index (κ2) is 5.24. The van der Waals surface area contributed by atoms with Crippen molar-refractivity contribution in [2.45, 2.75) is 44.2 Å². The number of nitrogens with one attached hydrogen (secondary N) is 2. The molecule has 2 aliphatic heterocycles. The van der Waals surface area contributed by atoms with Gasteiger partial charge in [0.1, 0.15) is 5.82 Å². The Balaban J connectivity index is 1.45. The molecule has 0 aromatic carbocycles. The summed E-state index contributed by atoms with van der Waals surface area (Å²) in [7, 11) is 0. The number of fused-ring (bicyclic) bond motifs is 1. The average molecular weight is 272 g/mol. The lowest BCUT2D eigenvalue weighted by molar-refractivity contribution is 0.556. The lowest BCUT2D eigenvalue weighted by Crippen LogP contribution is -2.30. The van der Waals surface area contributed by atoms with Gasteiger partial charge in [-0.3, -0.25) is 0 Å². The van der Waals surface area contributed by atoms with Gasteiger partial charge in [0.2, 0.25) is 0 Å². The first-order chi connectivity index (χ1) is 9.88. The minimum Gasteiger partial charge on any atom is -0.369 e. The Morgan fingerprint density at radius 2 is 2.10 bits per heavy atom. The van der Waals surface area contributed by atoms with Gasteiger partial charge in [0.05, 0.1) is 0 Å². The second-order valence-corrected chi connectivity index (χ2v) is 6.54. The molecule has 3 heterocycles. The minimum atomic E-state index is 0.636. The van der Waals surface area contributed by atoms with E-state index in [1.54, 1.807) is 0 Å². The van der Waals surface area contributed by atoms with E-state index in [2.05, 4.69) is 32.7 Å². The van der Waals surface area contributed by atoms with Crippen molar-refractivity contribution in [3.63, 3.8) is 0 Å². The zero-order valence-corrected chi connectivity index (χ0v) is 12.0. The van der Waals surface area contributed by atoms with Crippen molar-refractivity contribution in [1.82, 2.24) is 10.3 Å². The van der Waals surface area contributed by atoms with Crippen LogP contribution in [-0.2, 0) is 0 Å². The summed E-state index contributed by atoms with van der Waals surface area (Å²) in [5, 5.41) is 7.22. The summed E-state index contributed by atoms with van der Waals surface area (Å²) in [5.41, 5.74) is 1.33. The van der Waals surface area contributed by atoms with E-state index in [0.717, 1.165) is 18.3 Å². The van der Waals surface area contributed by atoms with Gasteiger partial charge in [-0.15, -0.1) is 0 Å². The lowest BCUT2D eigenvalue weighted by atomic mass is 10.1. The maximum absolute atomic E-state index is 4.49. The molecule has 4 heteroatoms. The Hall–Kier alpha value is -1.29. The number of pyridine rings is 1. The van der Waals surface area contributed by atoms with Crippen LogP contribution >= 0.6 is 0 Å². The van der Waals surface area contributed by atoms with Crippen molar-refractivity contribution < 1.29 is 0 Å². The van der Waals surface area contributed by atoms with Gasteiger partial charge in [0.15, 0.2) is 0 Å². The maximum atomic E-state index is 4.49. The summed E-state index contributed by atoms with van der Waals surface area (Å²) in [6, 6.07) is 5.73. The van der Waals surface area contributed by atoms with Gasteiger partial charge in [0.25, 0.3) is 0 Å². The van der Waals surface area contributed by atoms with Crippen molar-refractivity contribution in [1.29, 1.82) is 0 Å². The number of aromatic nitrogens is 1. The molecule has 1 aromatic heterocycles. The van der Waals surface area contributed by atoms with Crippen LogP contribution in [-0.4, -0.2) is 36.7 Å². The van der Waals surface area contributed by atoms with Gasteiger partial charge in [-0.25, -0.2) is 4.98 Å². The van der Waals surface area contributed by atoms with E-state index in [0.29, 0.717) is 12.1 Å². The highest BCUT2D eigenvalue weighted by atomic mass is 15.2. The fraction of sp³-hybridized carbons (Fsp3) is 0.688. The van der Waals surface area contributed by atoms with Crippen LogP contribution in [0, 0.1) is 5.92 Å². The molecule has 1 unspecified atom stereocenters. The first-order valence-electron chi connectivity index (χ1n) is 8.09. The molecule has 20 heavy (non-hydrogen) atoms. The quantitative estimate of drug-likeness (QED) is 0.885. The van der Waals surface area contributed by atoms with Crippen LogP contribution < -0.4 is 15.5 Å². The molecule has 0 bridgehead atoms. The molecule has 4 rings (SSSR count). The molecular formula is C16H24N4. The summed E-state index contributed by atoms with van der Waals surface area (Å²) in [6.45, 7) is 3.55. The van der Waals surface area contributed by atoms with Gasteiger partial charge < -0.3 is 15.5 Å². The average Bonchev–Trinajstić information content (AvgIpc) is 3.14. The molecule has 0 amide bonds. The van der Waals surface area contributed by atoms with Crippen molar-refractivity contribution in [3.05, 3.63) is 18.3 Å². The van der Waals surface area contributed by atoms with Gasteiger partial charge in [0, 0.05) is 43.1 Å². The van der Waals surface area contributed by atoms with E-state index >= 15 is 0 Å². The van der Waals surface area contributed by atoms with Crippen LogP contribution in [0.2, 0.25) is 0 Å². The van der Waals surface area contributed by atoms with Crippen molar-refractivity contribution in [3.8, 4) is 0 Å². The molecule has 1 saturated carbocycles. The molecule has 108 valence electrons. The molecule has 4 nitrogen and oxygen atoms in total. The summed E-state index contributed by atoms with van der Waals surface area (Å²) >= 11 is 0. The third kappa shape index (κ3) is 2.37. The highest BCUT2D eigenvalue weighted by Crippen LogP contribution is 2.30. The first-order valence-corrected chi connectivity index (χ1v) is 8.09. The molecule has 1 aliphatic carbocycles. The first kappa shape index (κ1) is 12.5. The third-order valence-corrected chi connectivity index (χ3v) is 5.18. The number of anilines is 2. The Morgan fingerprint density at radius 3 is 2.95 bits per heavy atom. The van der Waals surface area contributed by atoms with Gasteiger partial charge in [-0.05, 0) is 37.8 Å². The van der Waals surface area contributed by atoms with Gasteiger partial charge in [-0.2, -0.15) is 0 Å². The van der Waals surface area contributed by atoms with Crippen LogP contribution in [0.5, 0.6) is 0 Å². The molecular weight excluding hydrogens is 248 g/mol. The second-order valence-electron chi connectivity index (χ2n) is 6.54. The maximum Gasteiger partial charge on any atom is 0.128 e. The SMILES string of the molecule is c1cc(N2CC3CCN[C@H]3C2)cc(NC2CCCC2)n1. The molecule has 0 spiro atoms. The number of rotatable bonds is 3. The molecule has 1 aromatic rings. The summed E-state index contributed by atoms with van der Waals surface area (Å²) in [6.07, 6.45) is 8.60. The summed E-state index contributed by atoms with van der Waals surface area (Å²) < 4.78 is 0. The summed E-state index contributed by atoms with van der Waals surface area (Å²) in [5.74, 6) is 1.90. The van der Waals surface area contributed by atoms with E-state index in [1.165, 1.54) is 50.9 Å². The Bertz CT molecular complexity index is 457. The largest absolute Gasteiger partial charge is 0.369 e. The fourth-order valence-electron chi connectivity index (χ4n) is 4.03. The Morgan fingerprint density at radius 1 is 1.20 bits per heavy atom. The molecule has 0 radical (unpaired) electrons. The molecule has 2 N–H and O–H groups in total. The van der Waals surface area contributed by atoms with E-state index in [1.807, 2.05) is 6.20 Å². The van der Waals surface area contributed by atoms with Crippen LogP contribution in [0.15, 0.2) is 18.3 Å². The zero-order valence-electron chi connectivity index (χ0n) is 12.0. The van der Waals surface area contributed by atoms with Crippen LogP contribution in [0.3, 0.4) is 0 Å². The lowest BCUT2D eigenvalue weighted by Gasteiger charge is -2.21. The van der Waals surface area contributed by atoms with E-state index in [-0.39, 0.29) is 0 Å². The Kier molecular flexibility index (Phi) is 3.26. The molecule has 2 saturated heterocycles. The zero-order chi connectivity index (χ0) is 13.4. The highest BCUT2D eigenvalue weighted by molar-refractivity contribution is 5.55. The minimum absolute atomic E-state index is 0.636. The van der Waals surface area contributed by atoms with E-state index in [9.17, 15) is 0 Å². The number of nitrogens with zero attached hydrogens (tertiary/aromatic N) is 2. The van der Waals surface area contributed by atoms with Crippen LogP contribution in [0.1, 0.15) is 32.1 Å². The van der Waals surface area contributed by atoms with Gasteiger partial charge in [-0.1, -0.05) is 12.8 Å². The number of hydrogen-bond donors (Lipinski definition) is 2. The smallest absolute Gasteiger partial charge is 0.128 e. The monoisotopic (exact) mass is 272 g/mol. The number of hydrogen-bond acceptors (Lipinski definition) is 4. The highest BCUT2D eigenvalue weighted by Gasteiger charge is 2.36. The topological polar surface area (TPSA) is 40.2 Å². The van der Waals surface area contributed by atoms with Crippen molar-refractivity contribution in [2.24, 2.45) is 5.92 Å². The predicted octanol–water partition coefficient (Wildman–Crippen LogP) is 2.23.